The van der Waals surface area contributed by atoms with Gasteiger partial charge in [-0.2, -0.15) is 0 Å². The van der Waals surface area contributed by atoms with E-state index in [-0.39, 0.29) is 5.41 Å². The molecule has 1 aromatic heterocycles. The first kappa shape index (κ1) is 16.6. The number of rotatable bonds is 3. The molecule has 1 saturated heterocycles. The SMILES string of the molecule is Clc1ccc(C2(c3csc(C4CCNCC4)n3)CCCCC2)cc1. The van der Waals surface area contributed by atoms with Gasteiger partial charge in [0.25, 0.3) is 0 Å². The predicted octanol–water partition coefficient (Wildman–Crippen LogP) is 5.51. The summed E-state index contributed by atoms with van der Waals surface area (Å²) in [5.74, 6) is 0.649. The molecule has 2 aliphatic rings. The van der Waals surface area contributed by atoms with Crippen LogP contribution in [0.4, 0.5) is 0 Å². The first-order chi connectivity index (χ1) is 11.8. The maximum Gasteiger partial charge on any atom is 0.0960 e. The van der Waals surface area contributed by atoms with E-state index in [4.69, 9.17) is 16.6 Å². The van der Waals surface area contributed by atoms with E-state index in [0.717, 1.165) is 18.1 Å². The maximum absolute atomic E-state index is 6.13. The molecule has 0 radical (unpaired) electrons. The van der Waals surface area contributed by atoms with Gasteiger partial charge in [0, 0.05) is 21.7 Å². The summed E-state index contributed by atoms with van der Waals surface area (Å²) >= 11 is 8.01. The minimum absolute atomic E-state index is 0.102. The van der Waals surface area contributed by atoms with Gasteiger partial charge in [-0.1, -0.05) is 43.0 Å². The smallest absolute Gasteiger partial charge is 0.0960 e. The van der Waals surface area contributed by atoms with Gasteiger partial charge in [-0.3, -0.25) is 0 Å². The van der Waals surface area contributed by atoms with Crippen LogP contribution in [0.5, 0.6) is 0 Å². The van der Waals surface area contributed by atoms with Crippen LogP contribution in [0.2, 0.25) is 5.02 Å². The Hall–Kier alpha value is -0.900. The second kappa shape index (κ2) is 7.15. The molecule has 4 heteroatoms. The zero-order valence-electron chi connectivity index (χ0n) is 14.1. The number of hydrogen-bond donors (Lipinski definition) is 1. The number of thiazole rings is 1. The molecule has 0 spiro atoms. The Morgan fingerprint density at radius 3 is 2.46 bits per heavy atom. The number of hydrogen-bond acceptors (Lipinski definition) is 3. The van der Waals surface area contributed by atoms with Crippen LogP contribution in [0.1, 0.15) is 67.1 Å². The molecule has 24 heavy (non-hydrogen) atoms. The van der Waals surface area contributed by atoms with Crippen LogP contribution in [0.15, 0.2) is 29.6 Å². The van der Waals surface area contributed by atoms with E-state index in [0.29, 0.717) is 5.92 Å². The lowest BCUT2D eigenvalue weighted by atomic mass is 9.67. The number of nitrogens with zero attached hydrogens (tertiary/aromatic N) is 1. The van der Waals surface area contributed by atoms with Gasteiger partial charge in [0.15, 0.2) is 0 Å². The Bertz CT molecular complexity index is 667. The number of halogens is 1. The molecule has 1 N–H and O–H groups in total. The summed E-state index contributed by atoms with van der Waals surface area (Å²) in [6.45, 7) is 2.25. The summed E-state index contributed by atoms with van der Waals surface area (Å²) in [5, 5.41) is 7.97. The van der Waals surface area contributed by atoms with Crippen LogP contribution in [-0.4, -0.2) is 18.1 Å². The monoisotopic (exact) mass is 360 g/mol. The van der Waals surface area contributed by atoms with E-state index in [2.05, 4.69) is 22.8 Å². The van der Waals surface area contributed by atoms with Crippen LogP contribution < -0.4 is 5.32 Å². The summed E-state index contributed by atoms with van der Waals surface area (Å²) in [6, 6.07) is 8.51. The van der Waals surface area contributed by atoms with Crippen molar-refractivity contribution in [3.8, 4) is 0 Å². The van der Waals surface area contributed by atoms with Crippen molar-refractivity contribution < 1.29 is 0 Å². The largest absolute Gasteiger partial charge is 0.317 e. The van der Waals surface area contributed by atoms with Gasteiger partial charge in [0.05, 0.1) is 10.7 Å². The third-order valence-corrected chi connectivity index (χ3v) is 7.06. The normalized spacial score (nSPS) is 21.7. The summed E-state index contributed by atoms with van der Waals surface area (Å²) in [5.41, 5.74) is 2.81. The molecule has 1 aliphatic heterocycles. The number of benzene rings is 1. The minimum Gasteiger partial charge on any atom is -0.317 e. The number of piperidine rings is 1. The van der Waals surface area contributed by atoms with Crippen LogP contribution in [0.25, 0.3) is 0 Å². The average molecular weight is 361 g/mol. The van der Waals surface area contributed by atoms with E-state index < -0.39 is 0 Å². The number of aromatic nitrogens is 1. The molecule has 1 aromatic carbocycles. The molecule has 0 atom stereocenters. The molecular formula is C20H25ClN2S. The maximum atomic E-state index is 6.13. The average Bonchev–Trinajstić information content (AvgIpc) is 3.14. The van der Waals surface area contributed by atoms with Crippen molar-refractivity contribution in [3.05, 3.63) is 50.9 Å². The van der Waals surface area contributed by atoms with Gasteiger partial charge in [0.1, 0.15) is 0 Å². The standard InChI is InChI=1S/C20H25ClN2S/c21-17-6-4-16(5-7-17)20(10-2-1-3-11-20)18-14-24-19(23-18)15-8-12-22-13-9-15/h4-7,14-15,22H,1-3,8-13H2. The Morgan fingerprint density at radius 1 is 1.04 bits per heavy atom. The summed E-state index contributed by atoms with van der Waals surface area (Å²) in [4.78, 5) is 5.19. The Morgan fingerprint density at radius 2 is 1.75 bits per heavy atom. The Labute approximate surface area is 153 Å². The quantitative estimate of drug-likeness (QED) is 0.780. The van der Waals surface area contributed by atoms with Crippen molar-refractivity contribution in [1.82, 2.24) is 10.3 Å². The molecule has 2 aromatic rings. The Balaban J connectivity index is 1.69. The molecule has 0 unspecified atom stereocenters. The van der Waals surface area contributed by atoms with E-state index in [1.54, 1.807) is 0 Å². The fourth-order valence-corrected chi connectivity index (χ4v) is 5.60. The highest BCUT2D eigenvalue weighted by molar-refractivity contribution is 7.09. The zero-order valence-corrected chi connectivity index (χ0v) is 15.6. The van der Waals surface area contributed by atoms with Crippen LogP contribution in [-0.2, 0) is 5.41 Å². The molecule has 4 rings (SSSR count). The molecular weight excluding hydrogens is 336 g/mol. The van der Waals surface area contributed by atoms with Crippen molar-refractivity contribution >= 4 is 22.9 Å². The second-order valence-electron chi connectivity index (χ2n) is 7.24. The lowest BCUT2D eigenvalue weighted by Crippen LogP contribution is -2.31. The van der Waals surface area contributed by atoms with Crippen LogP contribution in [0.3, 0.4) is 0 Å². The predicted molar refractivity (Wildman–Crippen MR) is 102 cm³/mol. The van der Waals surface area contributed by atoms with Gasteiger partial charge in [-0.25, -0.2) is 4.98 Å². The highest BCUT2D eigenvalue weighted by atomic mass is 35.5. The van der Waals surface area contributed by atoms with Gasteiger partial charge < -0.3 is 5.32 Å². The molecule has 2 nitrogen and oxygen atoms in total. The van der Waals surface area contributed by atoms with E-state index in [1.165, 1.54) is 61.2 Å². The van der Waals surface area contributed by atoms with E-state index >= 15 is 0 Å². The van der Waals surface area contributed by atoms with Crippen molar-refractivity contribution in [2.45, 2.75) is 56.3 Å². The minimum atomic E-state index is 0.102. The van der Waals surface area contributed by atoms with Crippen molar-refractivity contribution in [3.63, 3.8) is 0 Å². The first-order valence-corrected chi connectivity index (χ1v) is 10.5. The summed E-state index contributed by atoms with van der Waals surface area (Å²) in [7, 11) is 0. The molecule has 1 aliphatic carbocycles. The second-order valence-corrected chi connectivity index (χ2v) is 8.57. The molecule has 128 valence electrons. The van der Waals surface area contributed by atoms with Crippen molar-refractivity contribution in [2.24, 2.45) is 0 Å². The highest BCUT2D eigenvalue weighted by Crippen LogP contribution is 2.46. The zero-order chi connectivity index (χ0) is 16.4. The number of nitrogens with one attached hydrogen (secondary N) is 1. The lowest BCUT2D eigenvalue weighted by molar-refractivity contribution is 0.338. The van der Waals surface area contributed by atoms with Gasteiger partial charge in [0.2, 0.25) is 0 Å². The highest BCUT2D eigenvalue weighted by Gasteiger charge is 2.38. The molecule has 0 bridgehead atoms. The van der Waals surface area contributed by atoms with Crippen LogP contribution in [0, 0.1) is 0 Å². The molecule has 1 saturated carbocycles. The first-order valence-electron chi connectivity index (χ1n) is 9.21. The molecule has 0 amide bonds. The summed E-state index contributed by atoms with van der Waals surface area (Å²) in [6.07, 6.45) is 8.81. The molecule has 2 heterocycles. The Kier molecular flexibility index (Phi) is 4.93. The van der Waals surface area contributed by atoms with Gasteiger partial charge in [-0.05, 0) is 56.5 Å². The molecule has 2 fully saturated rings. The third-order valence-electron chi connectivity index (χ3n) is 5.80. The van der Waals surface area contributed by atoms with Gasteiger partial charge in [-0.15, -0.1) is 11.3 Å². The van der Waals surface area contributed by atoms with Crippen molar-refractivity contribution in [2.75, 3.05) is 13.1 Å². The third kappa shape index (κ3) is 3.14. The van der Waals surface area contributed by atoms with Crippen LogP contribution >= 0.6 is 22.9 Å². The topological polar surface area (TPSA) is 24.9 Å². The fourth-order valence-electron chi connectivity index (χ4n) is 4.38. The van der Waals surface area contributed by atoms with Crippen molar-refractivity contribution in [1.29, 1.82) is 0 Å². The van der Waals surface area contributed by atoms with Gasteiger partial charge >= 0.3 is 0 Å². The van der Waals surface area contributed by atoms with E-state index in [1.807, 2.05) is 23.5 Å². The lowest BCUT2D eigenvalue weighted by Gasteiger charge is -2.36. The summed E-state index contributed by atoms with van der Waals surface area (Å²) < 4.78 is 0. The fraction of sp³-hybridized carbons (Fsp3) is 0.550. The van der Waals surface area contributed by atoms with E-state index in [9.17, 15) is 0 Å².